The highest BCUT2D eigenvalue weighted by Gasteiger charge is 2.19. The number of nitriles is 1. The zero-order valence-corrected chi connectivity index (χ0v) is 11.0. The van der Waals surface area contributed by atoms with Crippen molar-refractivity contribution in [2.45, 2.75) is 11.8 Å². The molecule has 0 unspecified atom stereocenters. The van der Waals surface area contributed by atoms with Gasteiger partial charge in [0.05, 0.1) is 5.56 Å². The predicted molar refractivity (Wildman–Crippen MR) is 70.9 cm³/mol. The molecule has 1 aromatic carbocycles. The maximum absolute atomic E-state index is 12.2. The first-order valence-electron chi connectivity index (χ1n) is 5.48. The number of hydrogen-bond donors (Lipinski definition) is 1. The minimum Gasteiger partial charge on any atom is -0.263 e. The Labute approximate surface area is 111 Å². The Bertz CT molecular complexity index is 748. The minimum absolute atomic E-state index is 0.0532. The van der Waals surface area contributed by atoms with Crippen LogP contribution in [-0.2, 0) is 10.0 Å². The van der Waals surface area contributed by atoms with Crippen LogP contribution in [0.5, 0.6) is 0 Å². The molecule has 0 bridgehead atoms. The lowest BCUT2D eigenvalue weighted by molar-refractivity contribution is 0.600. The van der Waals surface area contributed by atoms with E-state index in [1.807, 2.05) is 6.07 Å². The number of aryl methyl sites for hydroxylation is 1. The smallest absolute Gasteiger partial charge is 0.263 e. The van der Waals surface area contributed by atoms with Crippen molar-refractivity contribution >= 4 is 15.8 Å². The molecular formula is C13H11N3O2S. The van der Waals surface area contributed by atoms with Crippen LogP contribution in [0.4, 0.5) is 5.82 Å². The van der Waals surface area contributed by atoms with E-state index >= 15 is 0 Å². The van der Waals surface area contributed by atoms with E-state index in [1.165, 1.54) is 18.3 Å². The molecule has 0 aliphatic carbocycles. The highest BCUT2D eigenvalue weighted by molar-refractivity contribution is 7.92. The lowest BCUT2D eigenvalue weighted by atomic mass is 10.2. The molecule has 0 fully saturated rings. The monoisotopic (exact) mass is 273 g/mol. The second kappa shape index (κ2) is 5.08. The van der Waals surface area contributed by atoms with Gasteiger partial charge in [-0.1, -0.05) is 18.2 Å². The van der Waals surface area contributed by atoms with Crippen molar-refractivity contribution in [3.05, 3.63) is 53.7 Å². The Balaban J connectivity index is 2.45. The van der Waals surface area contributed by atoms with Gasteiger partial charge in [0.2, 0.25) is 0 Å². The zero-order valence-electron chi connectivity index (χ0n) is 10.2. The van der Waals surface area contributed by atoms with E-state index < -0.39 is 10.0 Å². The highest BCUT2D eigenvalue weighted by atomic mass is 32.2. The van der Waals surface area contributed by atoms with Crippen LogP contribution in [0, 0.1) is 18.3 Å². The van der Waals surface area contributed by atoms with Crippen molar-refractivity contribution in [1.29, 1.82) is 5.26 Å². The molecule has 1 heterocycles. The Morgan fingerprint density at radius 2 is 1.95 bits per heavy atom. The first kappa shape index (κ1) is 13.1. The van der Waals surface area contributed by atoms with Crippen molar-refractivity contribution in [3.8, 4) is 6.07 Å². The van der Waals surface area contributed by atoms with Gasteiger partial charge < -0.3 is 0 Å². The second-order valence-electron chi connectivity index (χ2n) is 3.88. The van der Waals surface area contributed by atoms with Gasteiger partial charge in [0.1, 0.15) is 16.8 Å². The number of rotatable bonds is 3. The van der Waals surface area contributed by atoms with E-state index in [2.05, 4.69) is 9.71 Å². The van der Waals surface area contributed by atoms with Crippen molar-refractivity contribution < 1.29 is 8.42 Å². The first-order valence-corrected chi connectivity index (χ1v) is 6.96. The quantitative estimate of drug-likeness (QED) is 0.927. The fourth-order valence-electron chi connectivity index (χ4n) is 1.57. The van der Waals surface area contributed by atoms with Gasteiger partial charge in [-0.2, -0.15) is 5.26 Å². The number of benzene rings is 1. The molecule has 0 saturated heterocycles. The molecule has 0 aliphatic rings. The number of pyridine rings is 1. The Morgan fingerprint density at radius 1 is 1.21 bits per heavy atom. The minimum atomic E-state index is -3.81. The SMILES string of the molecule is Cc1cccnc1NS(=O)(=O)c1ccccc1C#N. The molecular weight excluding hydrogens is 262 g/mol. The third-order valence-corrected chi connectivity index (χ3v) is 3.93. The van der Waals surface area contributed by atoms with Gasteiger partial charge in [-0.05, 0) is 30.7 Å². The average molecular weight is 273 g/mol. The summed E-state index contributed by atoms with van der Waals surface area (Å²) in [5, 5.41) is 8.94. The summed E-state index contributed by atoms with van der Waals surface area (Å²) in [5.74, 6) is 0.259. The van der Waals surface area contributed by atoms with Gasteiger partial charge >= 0.3 is 0 Å². The molecule has 0 aliphatic heterocycles. The van der Waals surface area contributed by atoms with E-state index in [1.54, 1.807) is 31.2 Å². The fraction of sp³-hybridized carbons (Fsp3) is 0.0769. The molecule has 2 rings (SSSR count). The first-order chi connectivity index (χ1) is 9.04. The van der Waals surface area contributed by atoms with Crippen LogP contribution in [0.25, 0.3) is 0 Å². The summed E-state index contributed by atoms with van der Waals surface area (Å²) in [6.07, 6.45) is 1.50. The summed E-state index contributed by atoms with van der Waals surface area (Å²) >= 11 is 0. The number of aromatic nitrogens is 1. The molecule has 5 nitrogen and oxygen atoms in total. The van der Waals surface area contributed by atoms with E-state index in [4.69, 9.17) is 5.26 Å². The highest BCUT2D eigenvalue weighted by Crippen LogP contribution is 2.19. The van der Waals surface area contributed by atoms with Gasteiger partial charge in [-0.25, -0.2) is 13.4 Å². The van der Waals surface area contributed by atoms with Gasteiger partial charge in [0, 0.05) is 6.20 Å². The molecule has 0 saturated carbocycles. The number of nitrogens with one attached hydrogen (secondary N) is 1. The van der Waals surface area contributed by atoms with E-state index in [9.17, 15) is 8.42 Å². The Morgan fingerprint density at radius 3 is 2.63 bits per heavy atom. The molecule has 0 atom stereocenters. The third-order valence-electron chi connectivity index (χ3n) is 2.54. The molecule has 1 N–H and O–H groups in total. The molecule has 6 heteroatoms. The van der Waals surface area contributed by atoms with Crippen LogP contribution in [0.1, 0.15) is 11.1 Å². The standard InChI is InChI=1S/C13H11N3O2S/c1-10-5-4-8-15-13(10)16-19(17,18)12-7-3-2-6-11(12)9-14/h2-8H,1H3,(H,15,16). The predicted octanol–water partition coefficient (Wildman–Crippen LogP) is 2.06. The topological polar surface area (TPSA) is 82.8 Å². The summed E-state index contributed by atoms with van der Waals surface area (Å²) in [4.78, 5) is 3.92. The van der Waals surface area contributed by atoms with Crippen LogP contribution in [0.2, 0.25) is 0 Å². The fourth-order valence-corrected chi connectivity index (χ4v) is 2.81. The molecule has 1 aromatic heterocycles. The van der Waals surface area contributed by atoms with Gasteiger partial charge in [0.25, 0.3) is 10.0 Å². The number of anilines is 1. The molecule has 0 radical (unpaired) electrons. The molecule has 0 amide bonds. The molecule has 0 spiro atoms. The lowest BCUT2D eigenvalue weighted by Crippen LogP contribution is -2.16. The Hall–Kier alpha value is -2.39. The summed E-state index contributed by atoms with van der Waals surface area (Å²) in [6.45, 7) is 1.75. The van der Waals surface area contributed by atoms with Crippen molar-refractivity contribution in [2.75, 3.05) is 4.72 Å². The van der Waals surface area contributed by atoms with Crippen LogP contribution in [-0.4, -0.2) is 13.4 Å². The third kappa shape index (κ3) is 2.72. The number of nitrogens with zero attached hydrogens (tertiary/aromatic N) is 2. The second-order valence-corrected chi connectivity index (χ2v) is 5.53. The van der Waals surface area contributed by atoms with Crippen LogP contribution in [0.15, 0.2) is 47.5 Å². The summed E-state index contributed by atoms with van der Waals surface area (Å²) < 4.78 is 26.9. The van der Waals surface area contributed by atoms with Crippen molar-refractivity contribution in [1.82, 2.24) is 4.98 Å². The molecule has 96 valence electrons. The summed E-state index contributed by atoms with van der Waals surface area (Å²) in [5.41, 5.74) is 0.809. The van der Waals surface area contributed by atoms with Gasteiger partial charge in [0.15, 0.2) is 0 Å². The normalized spacial score (nSPS) is 10.7. The van der Waals surface area contributed by atoms with E-state index in [0.29, 0.717) is 5.56 Å². The van der Waals surface area contributed by atoms with Crippen molar-refractivity contribution in [3.63, 3.8) is 0 Å². The Kier molecular flexibility index (Phi) is 3.49. The zero-order chi connectivity index (χ0) is 13.9. The summed E-state index contributed by atoms with van der Waals surface area (Å²) in [6, 6.07) is 11.4. The largest absolute Gasteiger partial charge is 0.264 e. The molecule has 19 heavy (non-hydrogen) atoms. The van der Waals surface area contributed by atoms with Crippen LogP contribution >= 0.6 is 0 Å². The molecule has 2 aromatic rings. The maximum atomic E-state index is 12.2. The van der Waals surface area contributed by atoms with Crippen LogP contribution in [0.3, 0.4) is 0 Å². The van der Waals surface area contributed by atoms with Crippen molar-refractivity contribution in [2.24, 2.45) is 0 Å². The van der Waals surface area contributed by atoms with E-state index in [0.717, 1.165) is 0 Å². The van der Waals surface area contributed by atoms with Gasteiger partial charge in [-0.15, -0.1) is 0 Å². The van der Waals surface area contributed by atoms with Crippen LogP contribution < -0.4 is 4.72 Å². The lowest BCUT2D eigenvalue weighted by Gasteiger charge is -2.10. The van der Waals surface area contributed by atoms with Gasteiger partial charge in [-0.3, -0.25) is 4.72 Å². The number of sulfonamides is 1. The van der Waals surface area contributed by atoms with E-state index in [-0.39, 0.29) is 16.3 Å². The number of hydrogen-bond acceptors (Lipinski definition) is 4. The average Bonchev–Trinajstić information content (AvgIpc) is 2.41. The summed E-state index contributed by atoms with van der Waals surface area (Å²) in [7, 11) is -3.81. The maximum Gasteiger partial charge on any atom is 0.264 e.